The van der Waals surface area contributed by atoms with Crippen molar-refractivity contribution in [3.63, 3.8) is 0 Å². The molecule has 4 aromatic rings. The van der Waals surface area contributed by atoms with Crippen molar-refractivity contribution in [3.05, 3.63) is 143 Å². The van der Waals surface area contributed by atoms with Gasteiger partial charge >= 0.3 is 0 Å². The number of hydrogen-bond donors (Lipinski definition) is 4. The molecule has 7 nitrogen and oxygen atoms in total. The minimum atomic E-state index is -1.50. The largest absolute Gasteiger partial charge is 0.390 e. The van der Waals surface area contributed by atoms with Gasteiger partial charge in [0.2, 0.25) is 11.8 Å². The highest BCUT2D eigenvalue weighted by molar-refractivity contribution is 7.85. The first-order valence-corrected chi connectivity index (χ1v) is 18.4. The van der Waals surface area contributed by atoms with Crippen LogP contribution in [0.1, 0.15) is 58.3 Å². The number of hydrogen-bond acceptors (Lipinski definition) is 5. The van der Waals surface area contributed by atoms with Gasteiger partial charge < -0.3 is 20.8 Å². The van der Waals surface area contributed by atoms with Crippen molar-refractivity contribution in [2.24, 2.45) is 11.8 Å². The Labute approximate surface area is 285 Å². The summed E-state index contributed by atoms with van der Waals surface area (Å²) in [5.74, 6) is -1.42. The molecule has 250 valence electrons. The Morgan fingerprint density at radius 1 is 0.604 bits per heavy atom. The first kappa shape index (κ1) is 33.8. The predicted molar refractivity (Wildman–Crippen MR) is 188 cm³/mol. The standard InChI is InChI=1S/C40H44N2O5S/c43-35-23-29-15-7-9-17-33(29)37(35)41-39(45)31(21-19-27-11-3-1-4-12-27)25-48(47)26-32(22-20-28-13-5-2-6-14-28)40(46)42-38-34-18-10-8-16-30(34)24-36(38)44/h1-18,31-32,35-38,43-44H,19-26H2,(H,41,45)(H,42,46)/t31-,32+,35-,36-,37+,38+,48?/m1/s1. The minimum Gasteiger partial charge on any atom is -0.390 e. The van der Waals surface area contributed by atoms with Crippen LogP contribution in [0.25, 0.3) is 0 Å². The Morgan fingerprint density at radius 2 is 0.979 bits per heavy atom. The van der Waals surface area contributed by atoms with Crippen molar-refractivity contribution in [2.45, 2.75) is 62.8 Å². The molecule has 0 bridgehead atoms. The van der Waals surface area contributed by atoms with Crippen LogP contribution in [0.15, 0.2) is 109 Å². The predicted octanol–water partition coefficient (Wildman–Crippen LogP) is 4.78. The van der Waals surface area contributed by atoms with E-state index in [1.165, 1.54) is 0 Å². The van der Waals surface area contributed by atoms with E-state index in [-0.39, 0.29) is 23.3 Å². The second kappa shape index (κ2) is 15.9. The summed E-state index contributed by atoms with van der Waals surface area (Å²) in [5, 5.41) is 27.8. The van der Waals surface area contributed by atoms with Crippen LogP contribution in [0.4, 0.5) is 0 Å². The average molecular weight is 665 g/mol. The van der Waals surface area contributed by atoms with Crippen molar-refractivity contribution >= 4 is 22.6 Å². The van der Waals surface area contributed by atoms with Gasteiger partial charge in [-0.3, -0.25) is 13.8 Å². The van der Waals surface area contributed by atoms with Crippen molar-refractivity contribution < 1.29 is 24.0 Å². The van der Waals surface area contributed by atoms with Crippen molar-refractivity contribution in [2.75, 3.05) is 11.5 Å². The van der Waals surface area contributed by atoms with Crippen LogP contribution in [0.5, 0.6) is 0 Å². The van der Waals surface area contributed by atoms with Crippen LogP contribution in [0.3, 0.4) is 0 Å². The summed E-state index contributed by atoms with van der Waals surface area (Å²) < 4.78 is 13.9. The lowest BCUT2D eigenvalue weighted by Crippen LogP contribution is -2.41. The molecule has 6 rings (SSSR count). The summed E-state index contributed by atoms with van der Waals surface area (Å²) in [6, 6.07) is 34.2. The third kappa shape index (κ3) is 8.29. The van der Waals surface area contributed by atoms with Gasteiger partial charge in [0, 0.05) is 47.0 Å². The third-order valence-corrected chi connectivity index (χ3v) is 11.3. The number of fused-ring (bicyclic) bond motifs is 2. The number of amides is 2. The molecule has 0 heterocycles. The maximum Gasteiger partial charge on any atom is 0.224 e. The molecule has 4 N–H and O–H groups in total. The van der Waals surface area contributed by atoms with Crippen molar-refractivity contribution in [1.82, 2.24) is 10.6 Å². The maximum absolute atomic E-state index is 13.9. The van der Waals surface area contributed by atoms with E-state index in [1.807, 2.05) is 109 Å². The molecule has 48 heavy (non-hydrogen) atoms. The van der Waals surface area contributed by atoms with Crippen molar-refractivity contribution in [1.29, 1.82) is 0 Å². The molecule has 0 saturated heterocycles. The Morgan fingerprint density at radius 3 is 1.40 bits per heavy atom. The molecule has 0 aliphatic heterocycles. The third-order valence-electron chi connectivity index (χ3n) is 9.77. The smallest absolute Gasteiger partial charge is 0.224 e. The minimum absolute atomic E-state index is 0.104. The first-order chi connectivity index (χ1) is 23.4. The Balaban J connectivity index is 1.17. The molecule has 0 aromatic heterocycles. The highest BCUT2D eigenvalue weighted by atomic mass is 32.2. The van der Waals surface area contributed by atoms with Gasteiger partial charge in [0.25, 0.3) is 0 Å². The summed E-state index contributed by atoms with van der Waals surface area (Å²) in [5.41, 5.74) is 6.03. The summed E-state index contributed by atoms with van der Waals surface area (Å²) >= 11 is 0. The van der Waals surface area contributed by atoms with Crippen molar-refractivity contribution in [3.8, 4) is 0 Å². The summed E-state index contributed by atoms with van der Waals surface area (Å²) in [7, 11) is -1.50. The van der Waals surface area contributed by atoms with E-state index in [0.29, 0.717) is 38.5 Å². The van der Waals surface area contributed by atoms with E-state index in [2.05, 4.69) is 10.6 Å². The fourth-order valence-electron chi connectivity index (χ4n) is 7.11. The first-order valence-electron chi connectivity index (χ1n) is 16.9. The van der Waals surface area contributed by atoms with Gasteiger partial charge in [-0.1, -0.05) is 109 Å². The highest BCUT2D eigenvalue weighted by Gasteiger charge is 2.36. The van der Waals surface area contributed by atoms with Crippen LogP contribution in [-0.2, 0) is 46.1 Å². The van der Waals surface area contributed by atoms with Gasteiger partial charge in [-0.2, -0.15) is 0 Å². The zero-order chi connectivity index (χ0) is 33.5. The van der Waals surface area contributed by atoms with Gasteiger partial charge in [0.05, 0.1) is 24.3 Å². The second-order valence-electron chi connectivity index (χ2n) is 13.1. The Hall–Kier alpha value is -4.11. The topological polar surface area (TPSA) is 116 Å². The van der Waals surface area contributed by atoms with Crippen LogP contribution < -0.4 is 10.6 Å². The lowest BCUT2D eigenvalue weighted by atomic mass is 9.99. The molecular weight excluding hydrogens is 621 g/mol. The van der Waals surface area contributed by atoms with Crippen LogP contribution in [-0.4, -0.2) is 49.9 Å². The molecule has 0 saturated carbocycles. The SMILES string of the molecule is O=C(N[C@H]1c2ccccc2C[C@H]1O)[C@H](CCc1ccccc1)CS(=O)C[C@H](CCc1ccccc1)C(=O)N[C@H]1c2ccccc2C[C@H]1O. The number of carbonyl (C=O) groups excluding carboxylic acids is 2. The number of rotatable bonds is 14. The van der Waals surface area contributed by atoms with Gasteiger partial charge in [0.15, 0.2) is 0 Å². The number of benzene rings is 4. The normalized spacial score (nSPS) is 21.5. The number of nitrogens with one attached hydrogen (secondary N) is 2. The molecule has 2 aliphatic rings. The van der Waals surface area contributed by atoms with E-state index in [9.17, 15) is 24.0 Å². The fourth-order valence-corrected chi connectivity index (χ4v) is 8.78. The zero-order valence-corrected chi connectivity index (χ0v) is 27.9. The number of aliphatic hydroxyl groups is 2. The summed E-state index contributed by atoms with van der Waals surface area (Å²) in [4.78, 5) is 27.7. The number of carbonyl (C=O) groups is 2. The molecule has 0 fully saturated rings. The van der Waals surface area contributed by atoms with Crippen LogP contribution >= 0.6 is 0 Å². The summed E-state index contributed by atoms with van der Waals surface area (Å²) in [6.07, 6.45) is 1.73. The lowest BCUT2D eigenvalue weighted by molar-refractivity contribution is -0.126. The molecule has 1 unspecified atom stereocenters. The van der Waals surface area contributed by atoms with E-state index in [0.717, 1.165) is 33.4 Å². The molecule has 2 aliphatic carbocycles. The number of aliphatic hydroxyl groups excluding tert-OH is 2. The molecule has 4 aromatic carbocycles. The van der Waals surface area contributed by atoms with Gasteiger partial charge in [-0.05, 0) is 59.1 Å². The molecule has 8 heteroatoms. The van der Waals surface area contributed by atoms with E-state index in [4.69, 9.17) is 0 Å². The molecule has 0 spiro atoms. The molecule has 2 amide bonds. The maximum atomic E-state index is 13.9. The van der Waals surface area contributed by atoms with E-state index >= 15 is 0 Å². The molecule has 7 atom stereocenters. The highest BCUT2D eigenvalue weighted by Crippen LogP contribution is 2.33. The fraction of sp³-hybridized carbons (Fsp3) is 0.350. The average Bonchev–Trinajstić information content (AvgIpc) is 3.59. The van der Waals surface area contributed by atoms with Gasteiger partial charge in [-0.25, -0.2) is 0 Å². The molecular formula is C40H44N2O5S. The van der Waals surface area contributed by atoms with Gasteiger partial charge in [0.1, 0.15) is 0 Å². The quantitative estimate of drug-likeness (QED) is 0.155. The Kier molecular flexibility index (Phi) is 11.2. The monoisotopic (exact) mass is 664 g/mol. The summed E-state index contributed by atoms with van der Waals surface area (Å²) in [6.45, 7) is 0. The van der Waals surface area contributed by atoms with E-state index < -0.39 is 46.9 Å². The van der Waals surface area contributed by atoms with Gasteiger partial charge in [-0.15, -0.1) is 0 Å². The van der Waals surface area contributed by atoms with Crippen LogP contribution in [0.2, 0.25) is 0 Å². The van der Waals surface area contributed by atoms with Crippen LogP contribution in [0, 0.1) is 11.8 Å². The zero-order valence-electron chi connectivity index (χ0n) is 27.0. The van der Waals surface area contributed by atoms with E-state index in [1.54, 1.807) is 0 Å². The molecule has 0 radical (unpaired) electrons. The number of aryl methyl sites for hydroxylation is 2. The lowest BCUT2D eigenvalue weighted by Gasteiger charge is -2.25. The second-order valence-corrected chi connectivity index (χ2v) is 14.7. The Bertz CT molecular complexity index is 1590.